The van der Waals surface area contributed by atoms with Gasteiger partial charge < -0.3 is 113 Å². The number of hydrogen-bond acceptors (Lipinski definition) is 21. The summed E-state index contributed by atoms with van der Waals surface area (Å²) in [6.07, 6.45) is 1.23. The van der Waals surface area contributed by atoms with Crippen molar-refractivity contribution in [3.63, 3.8) is 0 Å². The molecule has 0 heterocycles. The average Bonchev–Trinajstić information content (AvgIpc) is 0.858. The lowest BCUT2D eigenvalue weighted by atomic mass is 10.0. The summed E-state index contributed by atoms with van der Waals surface area (Å²) in [6, 6.07) is 7.83. The van der Waals surface area contributed by atoms with Gasteiger partial charge in [-0.3, -0.25) is 62.5 Å². The maximum Gasteiger partial charge on any atom is 0.326 e. The van der Waals surface area contributed by atoms with Crippen LogP contribution in [-0.4, -0.2) is 207 Å². The van der Waals surface area contributed by atoms with Gasteiger partial charge in [-0.25, -0.2) is 4.79 Å². The molecule has 0 aromatic heterocycles. The molecule has 0 fully saturated rings. The first-order valence-electron chi connectivity index (χ1n) is 38.1. The lowest BCUT2D eigenvalue weighted by molar-refractivity contribution is -0.143. The number of carboxylic acids is 1. The van der Waals surface area contributed by atoms with Crippen LogP contribution in [-0.2, 0) is 88.0 Å². The van der Waals surface area contributed by atoms with Gasteiger partial charge in [0.1, 0.15) is 89.8 Å². The van der Waals surface area contributed by atoms with E-state index in [0.29, 0.717) is 47.9 Å². The van der Waals surface area contributed by atoms with Crippen LogP contribution in [0.25, 0.3) is 0 Å². The van der Waals surface area contributed by atoms with Gasteiger partial charge in [0.15, 0.2) is 5.96 Å². The van der Waals surface area contributed by atoms with Crippen LogP contribution in [0.15, 0.2) is 108 Å². The molecule has 0 aliphatic carbocycles. The molecule has 35 nitrogen and oxygen atoms in total. The third-order valence-corrected chi connectivity index (χ3v) is 18.5. The molecule has 4 aromatic carbocycles. The van der Waals surface area contributed by atoms with Gasteiger partial charge in [0.05, 0.1) is 6.04 Å². The molecule has 0 aliphatic heterocycles. The van der Waals surface area contributed by atoms with Gasteiger partial charge in [-0.15, -0.1) is 0 Å². The molecular weight excluding hydrogens is 1490 g/mol. The highest BCUT2D eigenvalue weighted by atomic mass is 32.1. The summed E-state index contributed by atoms with van der Waals surface area (Å²) >= 11 is 4.38. The molecule has 0 radical (unpaired) electrons. The number of carboxylic acid groups (broad SMARTS) is 1. The minimum absolute atomic E-state index is 0.0269. The molecule has 114 heavy (non-hydrogen) atoms. The summed E-state index contributed by atoms with van der Waals surface area (Å²) in [4.78, 5) is 186. The smallest absolute Gasteiger partial charge is 0.326 e. The number of unbranched alkanes of at least 4 members (excludes halogenated alkanes) is 2. The number of carbonyl (C=O) groups is 13. The third-order valence-electron chi connectivity index (χ3n) is 18.1. The van der Waals surface area contributed by atoms with Crippen LogP contribution in [0.2, 0.25) is 0 Å². The summed E-state index contributed by atoms with van der Waals surface area (Å²) in [7, 11) is 0. The zero-order chi connectivity index (χ0) is 84.7. The second kappa shape index (κ2) is 49.4. The highest BCUT2D eigenvalue weighted by Gasteiger charge is 2.37. The number of benzene rings is 4. The summed E-state index contributed by atoms with van der Waals surface area (Å²) < 4.78 is 0. The molecule has 626 valence electrons. The summed E-state index contributed by atoms with van der Waals surface area (Å²) in [5.74, 6) is -12.6. The van der Waals surface area contributed by atoms with E-state index in [-0.39, 0.29) is 119 Å². The van der Waals surface area contributed by atoms with E-state index in [2.05, 4.69) is 81.4 Å². The van der Waals surface area contributed by atoms with Crippen molar-refractivity contribution in [1.82, 2.24) is 63.8 Å². The van der Waals surface area contributed by atoms with Gasteiger partial charge in [0, 0.05) is 38.0 Å². The maximum absolute atomic E-state index is 14.6. The highest BCUT2D eigenvalue weighted by Crippen LogP contribution is 2.18. The number of aliphatic carboxylic acids is 1. The van der Waals surface area contributed by atoms with Crippen LogP contribution in [0, 0.1) is 11.8 Å². The van der Waals surface area contributed by atoms with Crippen molar-refractivity contribution in [2.45, 2.75) is 217 Å². The summed E-state index contributed by atoms with van der Waals surface area (Å²) in [5.41, 5.74) is 30.8. The van der Waals surface area contributed by atoms with Crippen LogP contribution in [0.4, 0.5) is 0 Å². The van der Waals surface area contributed by atoms with Crippen molar-refractivity contribution in [3.05, 3.63) is 125 Å². The predicted octanol–water partition coefficient (Wildman–Crippen LogP) is -1.30. The monoisotopic (exact) mass is 1610 g/mol. The number of thiol groups is 1. The van der Waals surface area contributed by atoms with Crippen molar-refractivity contribution in [1.29, 1.82) is 0 Å². The number of aliphatic imine (C=N–C) groups is 1. The third kappa shape index (κ3) is 34.9. The minimum atomic E-state index is -1.54. The first kappa shape index (κ1) is 95.3. The van der Waals surface area contributed by atoms with Crippen molar-refractivity contribution in [2.24, 2.45) is 45.5 Å². The van der Waals surface area contributed by atoms with Crippen LogP contribution < -0.4 is 92.5 Å². The Kier molecular flexibility index (Phi) is 41.3. The van der Waals surface area contributed by atoms with E-state index in [1.165, 1.54) is 81.4 Å². The van der Waals surface area contributed by atoms with Gasteiger partial charge in [-0.05, 0) is 169 Å². The first-order chi connectivity index (χ1) is 54.0. The Hall–Kier alpha value is -11.1. The Morgan fingerprint density at radius 3 is 0.974 bits per heavy atom. The van der Waals surface area contributed by atoms with Crippen LogP contribution in [0.3, 0.4) is 0 Å². The number of nitrogens with one attached hydrogen (secondary N) is 12. The largest absolute Gasteiger partial charge is 0.508 e. The Labute approximate surface area is 669 Å². The fourth-order valence-electron chi connectivity index (χ4n) is 11.8. The molecule has 0 aliphatic rings. The Morgan fingerprint density at radius 1 is 0.351 bits per heavy atom. The Bertz CT molecular complexity index is 3840. The van der Waals surface area contributed by atoms with Crippen molar-refractivity contribution >= 4 is 95.4 Å². The van der Waals surface area contributed by atoms with Gasteiger partial charge in [-0.1, -0.05) is 94.4 Å². The molecule has 4 rings (SSSR count). The van der Waals surface area contributed by atoms with E-state index < -0.39 is 161 Å². The number of aromatic hydroxyl groups is 3. The van der Waals surface area contributed by atoms with Gasteiger partial charge in [-0.2, -0.15) is 12.6 Å². The van der Waals surface area contributed by atoms with Crippen LogP contribution in [0.1, 0.15) is 135 Å². The molecule has 13 atom stereocenters. The molecule has 0 saturated carbocycles. The molecule has 12 amide bonds. The lowest BCUT2D eigenvalue weighted by Crippen LogP contribution is -2.61. The summed E-state index contributed by atoms with van der Waals surface area (Å²) in [5, 5.41) is 71.4. The lowest BCUT2D eigenvalue weighted by Gasteiger charge is -2.27. The van der Waals surface area contributed by atoms with Gasteiger partial charge in [0.2, 0.25) is 70.9 Å². The van der Waals surface area contributed by atoms with Crippen molar-refractivity contribution < 1.29 is 82.8 Å². The zero-order valence-electron chi connectivity index (χ0n) is 65.6. The molecule has 0 spiro atoms. The Morgan fingerprint density at radius 2 is 0.632 bits per heavy atom. The number of rotatable bonds is 50. The number of carbonyl (C=O) groups excluding carboxylic acids is 12. The number of amides is 12. The maximum atomic E-state index is 14.6. The van der Waals surface area contributed by atoms with E-state index in [9.17, 15) is 82.8 Å². The number of nitrogens with zero attached hydrogens (tertiary/aromatic N) is 1. The molecule has 26 N–H and O–H groups in total. The van der Waals surface area contributed by atoms with E-state index in [4.69, 9.17) is 28.7 Å². The topological polar surface area (TPSA) is 590 Å². The standard InChI is InChI=1S/C78H116N18O17S/c1-43(2)36-55(81)68(103)92-62(41-51-25-31-54(99)32-26-51)74(109)90-58(20-15-35-84-78(82)83)69(104)85-47(7)67(102)91-61(38-48-16-9-8-10-17-48)75(110)96-64(42-114)76(111)94-60(40-50-23-29-53(98)30-24-50)73(108)87-45(5)65(100)88-56(18-11-13-33-79)70(105)93-59(39-49-21-27-52(97)28-22-49)72(107)86-46(6)66(101)89-57(19-12-14-34-80)71(106)95-63(77(112)113)37-44(3)4/h8-10,16-17,21-32,43-47,55-64,97-99,114H,11-15,18-20,33-42,79-81H2,1-7H3,(H,85,104)(H,86,107)(H,87,108)(H,88,100)(H,89,101)(H,90,109)(H,91,102)(H,92,103)(H,93,105)(H,94,111)(H,95,106)(H,96,110)(H,112,113)(H4,82,83,84)/t45-,46-,47-,55-,56-,57-,58-,59-,60-,61-,62-,63-,64-/m0/s1. The Balaban J connectivity index is 1.57. The second-order valence-corrected chi connectivity index (χ2v) is 29.3. The normalized spacial score (nSPS) is 14.6. The van der Waals surface area contributed by atoms with Crippen molar-refractivity contribution in [2.75, 3.05) is 25.4 Å². The summed E-state index contributed by atoms with van der Waals surface area (Å²) in [6.45, 7) is 11.7. The molecule has 0 unspecified atom stereocenters. The molecule has 0 saturated heterocycles. The number of phenolic OH excluding ortho intramolecular Hbond substituents is 3. The fourth-order valence-corrected chi connectivity index (χ4v) is 12.0. The van der Waals surface area contributed by atoms with E-state index in [1.807, 2.05) is 13.8 Å². The van der Waals surface area contributed by atoms with E-state index in [0.717, 1.165) is 0 Å². The average molecular weight is 1610 g/mol. The zero-order valence-corrected chi connectivity index (χ0v) is 66.5. The number of hydrogen-bond donors (Lipinski definition) is 22. The quantitative estimate of drug-likeness (QED) is 0.0106. The van der Waals surface area contributed by atoms with Crippen LogP contribution >= 0.6 is 12.6 Å². The predicted molar refractivity (Wildman–Crippen MR) is 430 cm³/mol. The molecule has 0 bridgehead atoms. The fraction of sp³-hybridized carbons (Fsp3) is 0.513. The minimum Gasteiger partial charge on any atom is -0.508 e. The number of nitrogens with two attached hydrogens (primary N) is 5. The second-order valence-electron chi connectivity index (χ2n) is 28.9. The SMILES string of the molecule is CC(C)C[C@H](NC(=O)[C@H](CCCCN)NC(=O)[C@H](C)NC(=O)[C@H](Cc1ccc(O)cc1)NC(=O)[C@H](CCCCN)NC(=O)[C@H](C)NC(=O)[C@H](Cc1ccc(O)cc1)NC(=O)[C@H](CS)NC(=O)[C@H](Cc1ccccc1)NC(=O)[C@H](C)NC(=O)[C@H](CCCN=C(N)N)NC(=O)[C@H](Cc1ccc(O)cc1)NC(=O)[C@@H](N)CC(C)C)C(=O)O. The highest BCUT2D eigenvalue weighted by molar-refractivity contribution is 7.80. The van der Waals surface area contributed by atoms with E-state index >= 15 is 0 Å². The van der Waals surface area contributed by atoms with E-state index in [1.54, 1.807) is 56.3 Å². The number of guanidine groups is 1. The molecule has 4 aromatic rings. The van der Waals surface area contributed by atoms with Crippen LogP contribution in [0.5, 0.6) is 17.2 Å². The van der Waals surface area contributed by atoms with Crippen molar-refractivity contribution in [3.8, 4) is 17.2 Å². The first-order valence-corrected chi connectivity index (χ1v) is 38.7. The van der Waals surface area contributed by atoms with Gasteiger partial charge in [0.25, 0.3) is 0 Å². The number of phenols is 3. The molecule has 36 heteroatoms. The molecular formula is C78H116N18O17S. The van der Waals surface area contributed by atoms with Gasteiger partial charge >= 0.3 is 5.97 Å².